The minimum absolute atomic E-state index is 0.537. The number of benzene rings is 2. The molecule has 0 fully saturated rings. The van der Waals surface area contributed by atoms with Crippen molar-refractivity contribution in [3.05, 3.63) is 95.7 Å². The Hall–Kier alpha value is -4.06. The van der Waals surface area contributed by atoms with Crippen LogP contribution in [-0.4, -0.2) is 27.7 Å². The quantitative estimate of drug-likeness (QED) is 0.457. The summed E-state index contributed by atoms with van der Waals surface area (Å²) in [4.78, 5) is 18.3. The number of allylic oxidation sites excluding steroid dienone is 2. The van der Waals surface area contributed by atoms with E-state index in [1.165, 1.54) is 5.56 Å². The highest BCUT2D eigenvalue weighted by Gasteiger charge is 2.24. The van der Waals surface area contributed by atoms with Gasteiger partial charge in [-0.25, -0.2) is 9.97 Å². The number of hydrogen-bond acceptors (Lipinski definition) is 6. The lowest BCUT2D eigenvalue weighted by Crippen LogP contribution is -2.20. The van der Waals surface area contributed by atoms with Crippen LogP contribution in [0.25, 0.3) is 16.3 Å². The Bertz CT molecular complexity index is 1340. The van der Waals surface area contributed by atoms with Gasteiger partial charge in [-0.05, 0) is 36.1 Å². The molecule has 0 saturated carbocycles. The fourth-order valence-electron chi connectivity index (χ4n) is 4.16. The van der Waals surface area contributed by atoms with E-state index >= 15 is 0 Å². The second-order valence-electron chi connectivity index (χ2n) is 7.83. The van der Waals surface area contributed by atoms with Crippen LogP contribution in [0.15, 0.2) is 83.9 Å². The maximum absolute atomic E-state index is 6.51. The Labute approximate surface area is 187 Å². The van der Waals surface area contributed by atoms with Crippen molar-refractivity contribution in [2.75, 3.05) is 12.4 Å². The Kier molecular flexibility index (Phi) is 5.34. The molecule has 0 spiro atoms. The average Bonchev–Trinajstić information content (AvgIpc) is 2.84. The number of hydrogen-bond donors (Lipinski definition) is 2. The summed E-state index contributed by atoms with van der Waals surface area (Å²) >= 11 is 0. The zero-order valence-corrected chi connectivity index (χ0v) is 17.9. The lowest BCUT2D eigenvalue weighted by Gasteiger charge is -2.22. The molecule has 2 aromatic heterocycles. The Balaban J connectivity index is 1.52. The summed E-state index contributed by atoms with van der Waals surface area (Å²) in [6.45, 7) is 0. The zero-order valence-electron chi connectivity index (χ0n) is 17.9. The molecule has 4 aromatic rings. The van der Waals surface area contributed by atoms with Crippen molar-refractivity contribution in [1.82, 2.24) is 15.0 Å². The molecule has 3 N–H and O–H groups in total. The fourth-order valence-corrected chi connectivity index (χ4v) is 4.16. The number of rotatable bonds is 5. The fraction of sp³-hybridized carbons (Fsp3) is 0.154. The molecule has 2 heterocycles. The topological polar surface area (TPSA) is 89.1 Å². The second kappa shape index (κ2) is 8.59. The van der Waals surface area contributed by atoms with Gasteiger partial charge < -0.3 is 11.1 Å². The van der Waals surface area contributed by atoms with E-state index in [1.807, 2.05) is 61.9 Å². The number of nitrogens with one attached hydrogen (secondary N) is 1. The van der Waals surface area contributed by atoms with Gasteiger partial charge in [0.1, 0.15) is 0 Å². The van der Waals surface area contributed by atoms with Crippen LogP contribution in [0.5, 0.6) is 0 Å². The standard InChI is InChI=1S/C26H24N6/c1-28-23(14-17-6-3-2-4-7-17)24-21(27)11-10-19-16-30-26(32-25(19)24)31-22-9-5-8-18-15-29-13-12-20(18)22/h2-9,12-13,15-16H,10-11,14,27H2,1H3,(H,30,31,32). The van der Waals surface area contributed by atoms with Crippen LogP contribution in [0.3, 0.4) is 0 Å². The third-order valence-electron chi connectivity index (χ3n) is 5.79. The van der Waals surface area contributed by atoms with Gasteiger partial charge >= 0.3 is 0 Å². The van der Waals surface area contributed by atoms with Gasteiger partial charge in [0.15, 0.2) is 0 Å². The zero-order chi connectivity index (χ0) is 21.9. The van der Waals surface area contributed by atoms with Crippen molar-refractivity contribution < 1.29 is 0 Å². The highest BCUT2D eigenvalue weighted by molar-refractivity contribution is 6.25. The number of pyridine rings is 1. The van der Waals surface area contributed by atoms with Crippen LogP contribution >= 0.6 is 0 Å². The summed E-state index contributed by atoms with van der Waals surface area (Å²) in [5, 5.41) is 5.51. The van der Waals surface area contributed by atoms with Gasteiger partial charge in [-0.2, -0.15) is 0 Å². The van der Waals surface area contributed by atoms with E-state index in [4.69, 9.17) is 10.7 Å². The summed E-state index contributed by atoms with van der Waals surface area (Å²) < 4.78 is 0. The predicted octanol–water partition coefficient (Wildman–Crippen LogP) is 4.70. The molecule has 6 nitrogen and oxygen atoms in total. The number of anilines is 2. The molecule has 6 heteroatoms. The van der Waals surface area contributed by atoms with Crippen LogP contribution in [0.2, 0.25) is 0 Å². The first-order valence-corrected chi connectivity index (χ1v) is 10.7. The molecule has 0 atom stereocenters. The number of aromatic nitrogens is 3. The van der Waals surface area contributed by atoms with Crippen molar-refractivity contribution in [2.45, 2.75) is 19.3 Å². The van der Waals surface area contributed by atoms with Gasteiger partial charge in [0.25, 0.3) is 0 Å². The summed E-state index contributed by atoms with van der Waals surface area (Å²) in [5.41, 5.74) is 13.3. The van der Waals surface area contributed by atoms with E-state index in [0.29, 0.717) is 12.4 Å². The number of aliphatic imine (C=N–C) groups is 1. The third kappa shape index (κ3) is 3.83. The van der Waals surface area contributed by atoms with E-state index in [2.05, 4.69) is 32.4 Å². The average molecular weight is 421 g/mol. The minimum atomic E-state index is 0.537. The highest BCUT2D eigenvalue weighted by Crippen LogP contribution is 2.31. The molecule has 32 heavy (non-hydrogen) atoms. The maximum atomic E-state index is 6.51. The number of nitrogens with two attached hydrogens (primary N) is 1. The van der Waals surface area contributed by atoms with Crippen molar-refractivity contribution in [1.29, 1.82) is 0 Å². The SMILES string of the molecule is CN=C(Cc1ccccc1)C1=C(N)CCc2cnc(Nc3cccc4cnccc34)nc21. The van der Waals surface area contributed by atoms with E-state index < -0.39 is 0 Å². The van der Waals surface area contributed by atoms with Gasteiger partial charge in [0, 0.05) is 65.5 Å². The van der Waals surface area contributed by atoms with Crippen molar-refractivity contribution in [3.8, 4) is 0 Å². The third-order valence-corrected chi connectivity index (χ3v) is 5.79. The molecule has 5 rings (SSSR count). The van der Waals surface area contributed by atoms with Crippen LogP contribution < -0.4 is 11.1 Å². The first kappa shape index (κ1) is 19.9. The van der Waals surface area contributed by atoms with Crippen molar-refractivity contribution in [2.24, 2.45) is 10.7 Å². The summed E-state index contributed by atoms with van der Waals surface area (Å²) in [6.07, 6.45) is 7.85. The molecular formula is C26H24N6. The highest BCUT2D eigenvalue weighted by atomic mass is 15.1. The van der Waals surface area contributed by atoms with Gasteiger partial charge in [-0.1, -0.05) is 42.5 Å². The number of nitrogens with zero attached hydrogens (tertiary/aromatic N) is 4. The second-order valence-corrected chi connectivity index (χ2v) is 7.83. The minimum Gasteiger partial charge on any atom is -0.401 e. The number of fused-ring (bicyclic) bond motifs is 2. The first-order valence-electron chi connectivity index (χ1n) is 10.7. The van der Waals surface area contributed by atoms with Gasteiger partial charge in [0.05, 0.1) is 5.69 Å². The normalized spacial score (nSPS) is 13.8. The molecule has 0 bridgehead atoms. The molecule has 1 aliphatic carbocycles. The molecule has 0 unspecified atom stereocenters. The summed E-state index contributed by atoms with van der Waals surface area (Å²) in [6, 6.07) is 18.3. The molecular weight excluding hydrogens is 396 g/mol. The van der Waals surface area contributed by atoms with E-state index in [-0.39, 0.29) is 0 Å². The van der Waals surface area contributed by atoms with E-state index in [1.54, 1.807) is 6.20 Å². The molecule has 2 aromatic carbocycles. The molecule has 0 radical (unpaired) electrons. The monoisotopic (exact) mass is 420 g/mol. The lowest BCUT2D eigenvalue weighted by molar-refractivity contribution is 0.880. The van der Waals surface area contributed by atoms with Gasteiger partial charge in [0.2, 0.25) is 5.95 Å². The van der Waals surface area contributed by atoms with E-state index in [9.17, 15) is 0 Å². The first-order chi connectivity index (χ1) is 15.7. The van der Waals surface area contributed by atoms with Crippen LogP contribution in [-0.2, 0) is 12.8 Å². The molecule has 0 aliphatic heterocycles. The Morgan fingerprint density at radius 3 is 2.75 bits per heavy atom. The van der Waals surface area contributed by atoms with Crippen LogP contribution in [0.4, 0.5) is 11.6 Å². The van der Waals surface area contributed by atoms with E-state index in [0.717, 1.165) is 57.5 Å². The summed E-state index contributed by atoms with van der Waals surface area (Å²) in [5.74, 6) is 0.537. The van der Waals surface area contributed by atoms with Gasteiger partial charge in [-0.3, -0.25) is 9.98 Å². The Morgan fingerprint density at radius 2 is 1.91 bits per heavy atom. The van der Waals surface area contributed by atoms with Crippen molar-refractivity contribution >= 4 is 33.7 Å². The maximum Gasteiger partial charge on any atom is 0.227 e. The van der Waals surface area contributed by atoms with Gasteiger partial charge in [-0.15, -0.1) is 0 Å². The number of aryl methyl sites for hydroxylation is 1. The van der Waals surface area contributed by atoms with Crippen LogP contribution in [0, 0.1) is 0 Å². The lowest BCUT2D eigenvalue weighted by atomic mass is 9.88. The largest absolute Gasteiger partial charge is 0.401 e. The predicted molar refractivity (Wildman–Crippen MR) is 130 cm³/mol. The molecule has 1 aliphatic rings. The molecule has 0 saturated heterocycles. The van der Waals surface area contributed by atoms with Crippen LogP contribution in [0.1, 0.15) is 23.2 Å². The summed E-state index contributed by atoms with van der Waals surface area (Å²) in [7, 11) is 1.82. The van der Waals surface area contributed by atoms with Crippen molar-refractivity contribution in [3.63, 3.8) is 0 Å². The smallest absolute Gasteiger partial charge is 0.227 e. The molecule has 0 amide bonds. The molecule has 158 valence electrons. The Morgan fingerprint density at radius 1 is 1.03 bits per heavy atom.